The molecule has 0 bridgehead atoms. The van der Waals surface area contributed by atoms with Crippen molar-refractivity contribution in [3.63, 3.8) is 0 Å². The van der Waals surface area contributed by atoms with Gasteiger partial charge in [-0.3, -0.25) is 14.5 Å². The van der Waals surface area contributed by atoms with Crippen molar-refractivity contribution in [2.75, 3.05) is 31.5 Å². The third kappa shape index (κ3) is 4.06. The molecular weight excluding hydrogens is 254 g/mol. The Hall–Kier alpha value is -1.88. The summed E-state index contributed by atoms with van der Waals surface area (Å²) in [5.41, 5.74) is 2.00. The number of nitrogens with one attached hydrogen (secondary N) is 2. The number of anilines is 1. The number of carbonyl (C=O) groups is 2. The Morgan fingerprint density at radius 1 is 1.45 bits per heavy atom. The summed E-state index contributed by atoms with van der Waals surface area (Å²) in [5, 5.41) is 5.63. The van der Waals surface area contributed by atoms with E-state index in [1.165, 1.54) is 5.56 Å². The highest BCUT2D eigenvalue weighted by molar-refractivity contribution is 5.92. The van der Waals surface area contributed by atoms with Crippen LogP contribution in [-0.2, 0) is 9.59 Å². The lowest BCUT2D eigenvalue weighted by atomic mass is 10.0. The van der Waals surface area contributed by atoms with E-state index >= 15 is 0 Å². The second-order valence-corrected chi connectivity index (χ2v) is 5.39. The Morgan fingerprint density at radius 3 is 2.95 bits per heavy atom. The van der Waals surface area contributed by atoms with Crippen LogP contribution < -0.4 is 10.6 Å². The van der Waals surface area contributed by atoms with Crippen LogP contribution in [-0.4, -0.2) is 42.9 Å². The zero-order valence-electron chi connectivity index (χ0n) is 12.0. The Balaban J connectivity index is 1.91. The summed E-state index contributed by atoms with van der Waals surface area (Å²) in [6.45, 7) is 6.10. The fourth-order valence-electron chi connectivity index (χ4n) is 2.21. The molecule has 0 unspecified atom stereocenters. The molecule has 1 saturated heterocycles. The van der Waals surface area contributed by atoms with Gasteiger partial charge in [0.25, 0.3) is 0 Å². The van der Waals surface area contributed by atoms with Gasteiger partial charge >= 0.3 is 0 Å². The minimum atomic E-state index is -0.0828. The van der Waals surface area contributed by atoms with E-state index in [4.69, 9.17) is 0 Å². The second kappa shape index (κ2) is 6.52. The molecule has 1 aromatic rings. The highest BCUT2D eigenvalue weighted by atomic mass is 16.2. The van der Waals surface area contributed by atoms with Crippen LogP contribution in [0.2, 0.25) is 0 Å². The Bertz CT molecular complexity index is 500. The van der Waals surface area contributed by atoms with Crippen LogP contribution in [0.3, 0.4) is 0 Å². The monoisotopic (exact) mass is 275 g/mol. The fraction of sp³-hybridized carbons (Fsp3) is 0.467. The van der Waals surface area contributed by atoms with Gasteiger partial charge in [-0.15, -0.1) is 0 Å². The third-order valence-corrected chi connectivity index (χ3v) is 3.32. The topological polar surface area (TPSA) is 61.4 Å². The SMILES string of the molecule is CC(C)c1cccc(NC(=O)CN2CCNC(=O)C2)c1. The van der Waals surface area contributed by atoms with Crippen molar-refractivity contribution in [2.45, 2.75) is 19.8 Å². The first-order valence-corrected chi connectivity index (χ1v) is 6.93. The quantitative estimate of drug-likeness (QED) is 0.867. The lowest BCUT2D eigenvalue weighted by molar-refractivity contribution is -0.125. The van der Waals surface area contributed by atoms with E-state index in [-0.39, 0.29) is 18.4 Å². The largest absolute Gasteiger partial charge is 0.354 e. The molecule has 1 fully saturated rings. The van der Waals surface area contributed by atoms with Crippen molar-refractivity contribution in [1.29, 1.82) is 0 Å². The summed E-state index contributed by atoms with van der Waals surface area (Å²) < 4.78 is 0. The van der Waals surface area contributed by atoms with Crippen molar-refractivity contribution in [3.05, 3.63) is 29.8 Å². The maximum Gasteiger partial charge on any atom is 0.238 e. The van der Waals surface area contributed by atoms with Crippen LogP contribution >= 0.6 is 0 Å². The smallest absolute Gasteiger partial charge is 0.238 e. The van der Waals surface area contributed by atoms with E-state index in [1.54, 1.807) is 0 Å². The molecule has 108 valence electrons. The Morgan fingerprint density at radius 2 is 2.25 bits per heavy atom. The van der Waals surface area contributed by atoms with E-state index in [9.17, 15) is 9.59 Å². The van der Waals surface area contributed by atoms with Gasteiger partial charge in [-0.25, -0.2) is 0 Å². The van der Waals surface area contributed by atoms with Crippen LogP contribution in [0.4, 0.5) is 5.69 Å². The molecule has 0 saturated carbocycles. The van der Waals surface area contributed by atoms with Crippen molar-refractivity contribution >= 4 is 17.5 Å². The summed E-state index contributed by atoms with van der Waals surface area (Å²) in [6, 6.07) is 7.87. The predicted octanol–water partition coefficient (Wildman–Crippen LogP) is 1.18. The normalized spacial score (nSPS) is 16.1. The molecule has 0 spiro atoms. The Kier molecular flexibility index (Phi) is 4.74. The molecular formula is C15H21N3O2. The fourth-order valence-corrected chi connectivity index (χ4v) is 2.21. The Labute approximate surface area is 119 Å². The molecule has 2 rings (SSSR count). The maximum atomic E-state index is 12.0. The highest BCUT2D eigenvalue weighted by Crippen LogP contribution is 2.18. The average molecular weight is 275 g/mol. The molecule has 0 radical (unpaired) electrons. The minimum Gasteiger partial charge on any atom is -0.354 e. The summed E-state index contributed by atoms with van der Waals surface area (Å²) >= 11 is 0. The summed E-state index contributed by atoms with van der Waals surface area (Å²) in [4.78, 5) is 25.1. The molecule has 20 heavy (non-hydrogen) atoms. The predicted molar refractivity (Wildman–Crippen MR) is 78.6 cm³/mol. The number of rotatable bonds is 4. The summed E-state index contributed by atoms with van der Waals surface area (Å²) in [6.07, 6.45) is 0. The molecule has 5 nitrogen and oxygen atoms in total. The molecule has 2 amide bonds. The number of hydrogen-bond donors (Lipinski definition) is 2. The molecule has 1 heterocycles. The molecule has 1 aromatic carbocycles. The zero-order valence-corrected chi connectivity index (χ0v) is 12.0. The van der Waals surface area contributed by atoms with Gasteiger partial charge in [-0.1, -0.05) is 26.0 Å². The number of nitrogens with zero attached hydrogens (tertiary/aromatic N) is 1. The number of benzene rings is 1. The molecule has 1 aliphatic heterocycles. The third-order valence-electron chi connectivity index (χ3n) is 3.32. The van der Waals surface area contributed by atoms with E-state index in [0.29, 0.717) is 25.6 Å². The summed E-state index contributed by atoms with van der Waals surface area (Å²) in [5.74, 6) is 0.323. The first kappa shape index (κ1) is 14.5. The first-order valence-electron chi connectivity index (χ1n) is 6.93. The molecule has 1 aliphatic rings. The lowest BCUT2D eigenvalue weighted by Crippen LogP contribution is -2.49. The van der Waals surface area contributed by atoms with Crippen molar-refractivity contribution in [1.82, 2.24) is 10.2 Å². The number of hydrogen-bond acceptors (Lipinski definition) is 3. The standard InChI is InChI=1S/C15H21N3O2/c1-11(2)12-4-3-5-13(8-12)17-15(20)10-18-7-6-16-14(19)9-18/h3-5,8,11H,6-7,9-10H2,1-2H3,(H,16,19)(H,17,20). The minimum absolute atomic E-state index is 0.0224. The van der Waals surface area contributed by atoms with Crippen LogP contribution in [0.25, 0.3) is 0 Å². The van der Waals surface area contributed by atoms with Crippen LogP contribution in [0, 0.1) is 0 Å². The van der Waals surface area contributed by atoms with E-state index in [0.717, 1.165) is 5.69 Å². The molecule has 0 aliphatic carbocycles. The first-order chi connectivity index (χ1) is 9.54. The second-order valence-electron chi connectivity index (χ2n) is 5.39. The van der Waals surface area contributed by atoms with Gasteiger partial charge in [-0.2, -0.15) is 0 Å². The van der Waals surface area contributed by atoms with E-state index in [2.05, 4.69) is 30.5 Å². The van der Waals surface area contributed by atoms with Gasteiger partial charge in [0.05, 0.1) is 13.1 Å². The number of carbonyl (C=O) groups excluding carboxylic acids is 2. The molecule has 0 aromatic heterocycles. The number of piperazine rings is 1. The van der Waals surface area contributed by atoms with Gasteiger partial charge in [0, 0.05) is 18.8 Å². The van der Waals surface area contributed by atoms with E-state index < -0.39 is 0 Å². The van der Waals surface area contributed by atoms with Gasteiger partial charge in [-0.05, 0) is 23.6 Å². The van der Waals surface area contributed by atoms with Crippen molar-refractivity contribution in [3.8, 4) is 0 Å². The van der Waals surface area contributed by atoms with Gasteiger partial charge in [0.1, 0.15) is 0 Å². The zero-order chi connectivity index (χ0) is 14.5. The number of amides is 2. The summed E-state index contributed by atoms with van der Waals surface area (Å²) in [7, 11) is 0. The highest BCUT2D eigenvalue weighted by Gasteiger charge is 2.18. The van der Waals surface area contributed by atoms with Crippen LogP contribution in [0.5, 0.6) is 0 Å². The van der Waals surface area contributed by atoms with Gasteiger partial charge in [0.2, 0.25) is 11.8 Å². The van der Waals surface area contributed by atoms with Gasteiger partial charge < -0.3 is 10.6 Å². The van der Waals surface area contributed by atoms with Crippen LogP contribution in [0.1, 0.15) is 25.3 Å². The molecule has 0 atom stereocenters. The van der Waals surface area contributed by atoms with Crippen molar-refractivity contribution in [2.24, 2.45) is 0 Å². The van der Waals surface area contributed by atoms with Gasteiger partial charge in [0.15, 0.2) is 0 Å². The average Bonchev–Trinajstić information content (AvgIpc) is 2.38. The van der Waals surface area contributed by atoms with Crippen molar-refractivity contribution < 1.29 is 9.59 Å². The molecule has 5 heteroatoms. The van der Waals surface area contributed by atoms with Crippen LogP contribution in [0.15, 0.2) is 24.3 Å². The maximum absolute atomic E-state index is 12.0. The lowest BCUT2D eigenvalue weighted by Gasteiger charge is -2.25. The molecule has 2 N–H and O–H groups in total. The van der Waals surface area contributed by atoms with E-state index in [1.807, 2.05) is 23.1 Å².